The molecule has 3 aromatic carbocycles. The number of fused-ring (bicyclic) bond motifs is 2. The average Bonchev–Trinajstić information content (AvgIpc) is 3.60. The SMILES string of the molecule is O=C1N[C@H](c2cc(F)ccc2Cl)c2c(NC(=O)N3C[C@@H](O)c4cc(F)ccc43)cc(-n3nccn3)cc21. The standard InChI is InChI=1S/C25H17ClF2N6O3/c26-18-3-1-12(27)7-15(18)23-22-17(24(36)32-23)9-14(34-29-5-6-30-34)10-19(22)31-25(37)33-11-21(35)16-8-13(28)2-4-20(16)33/h1-10,21,23,35H,11H2,(H,31,37)(H,32,36)/t21-,23-/m1/s1. The number of amides is 3. The first-order valence-electron chi connectivity index (χ1n) is 11.2. The highest BCUT2D eigenvalue weighted by atomic mass is 35.5. The Labute approximate surface area is 213 Å². The van der Waals surface area contributed by atoms with Crippen molar-refractivity contribution in [3.05, 3.63) is 99.8 Å². The van der Waals surface area contributed by atoms with Gasteiger partial charge >= 0.3 is 6.03 Å². The van der Waals surface area contributed by atoms with E-state index in [1.54, 1.807) is 12.1 Å². The Kier molecular flexibility index (Phi) is 5.39. The van der Waals surface area contributed by atoms with Crippen LogP contribution in [0.2, 0.25) is 5.02 Å². The molecule has 0 bridgehead atoms. The third-order valence-electron chi connectivity index (χ3n) is 6.37. The van der Waals surface area contributed by atoms with E-state index < -0.39 is 35.7 Å². The number of aromatic nitrogens is 3. The molecule has 0 saturated heterocycles. The van der Waals surface area contributed by atoms with Crippen LogP contribution < -0.4 is 15.5 Å². The van der Waals surface area contributed by atoms with Gasteiger partial charge < -0.3 is 15.7 Å². The van der Waals surface area contributed by atoms with Crippen molar-refractivity contribution in [2.45, 2.75) is 12.1 Å². The van der Waals surface area contributed by atoms with Gasteiger partial charge in [0.1, 0.15) is 11.6 Å². The van der Waals surface area contributed by atoms with Crippen molar-refractivity contribution in [1.29, 1.82) is 0 Å². The molecule has 6 rings (SSSR count). The molecule has 4 aromatic rings. The summed E-state index contributed by atoms with van der Waals surface area (Å²) in [6.07, 6.45) is 1.86. The van der Waals surface area contributed by atoms with E-state index in [9.17, 15) is 23.5 Å². The zero-order valence-electron chi connectivity index (χ0n) is 18.8. The summed E-state index contributed by atoms with van der Waals surface area (Å²) in [7, 11) is 0. The van der Waals surface area contributed by atoms with Crippen molar-refractivity contribution in [2.75, 3.05) is 16.8 Å². The summed E-state index contributed by atoms with van der Waals surface area (Å²) in [5.41, 5.74) is 2.17. The smallest absolute Gasteiger partial charge is 0.326 e. The van der Waals surface area contributed by atoms with Crippen LogP contribution in [0.15, 0.2) is 60.9 Å². The Morgan fingerprint density at radius 1 is 1.05 bits per heavy atom. The highest BCUT2D eigenvalue weighted by molar-refractivity contribution is 6.31. The monoisotopic (exact) mass is 522 g/mol. The fraction of sp³-hybridized carbons (Fsp3) is 0.120. The molecule has 0 fully saturated rings. The van der Waals surface area contributed by atoms with Gasteiger partial charge in [-0.25, -0.2) is 13.6 Å². The van der Waals surface area contributed by atoms with Crippen LogP contribution in [-0.2, 0) is 0 Å². The summed E-state index contributed by atoms with van der Waals surface area (Å²) in [5, 5.41) is 24.4. The lowest BCUT2D eigenvalue weighted by molar-refractivity contribution is 0.0960. The maximum Gasteiger partial charge on any atom is 0.326 e. The van der Waals surface area contributed by atoms with Crippen LogP contribution in [-0.4, -0.2) is 38.6 Å². The van der Waals surface area contributed by atoms with Gasteiger partial charge in [-0.1, -0.05) is 11.6 Å². The molecule has 0 radical (unpaired) electrons. The Hall–Kier alpha value is -4.35. The first-order valence-corrected chi connectivity index (χ1v) is 11.5. The number of carbonyl (C=O) groups is 2. The fourth-order valence-electron chi connectivity index (χ4n) is 4.74. The van der Waals surface area contributed by atoms with Crippen molar-refractivity contribution in [2.24, 2.45) is 0 Å². The number of benzene rings is 3. The number of nitrogens with zero attached hydrogens (tertiary/aromatic N) is 4. The molecule has 2 aliphatic rings. The molecular formula is C25H17ClF2N6O3. The molecule has 2 aliphatic heterocycles. The third-order valence-corrected chi connectivity index (χ3v) is 6.72. The normalized spacial score (nSPS) is 17.9. The van der Waals surface area contributed by atoms with Gasteiger partial charge in [0.2, 0.25) is 0 Å². The van der Waals surface area contributed by atoms with E-state index in [0.717, 1.165) is 0 Å². The number of aliphatic hydroxyl groups is 1. The van der Waals surface area contributed by atoms with Crippen molar-refractivity contribution in [3.8, 4) is 5.69 Å². The summed E-state index contributed by atoms with van der Waals surface area (Å²) < 4.78 is 27.8. The highest BCUT2D eigenvalue weighted by Crippen LogP contribution is 2.41. The summed E-state index contributed by atoms with van der Waals surface area (Å²) in [5.74, 6) is -1.53. The van der Waals surface area contributed by atoms with Gasteiger partial charge in [0, 0.05) is 27.3 Å². The van der Waals surface area contributed by atoms with Gasteiger partial charge in [-0.15, -0.1) is 0 Å². The largest absolute Gasteiger partial charge is 0.386 e. The van der Waals surface area contributed by atoms with E-state index in [1.807, 2.05) is 0 Å². The minimum absolute atomic E-state index is 0.0937. The van der Waals surface area contributed by atoms with E-state index >= 15 is 0 Å². The summed E-state index contributed by atoms with van der Waals surface area (Å²) >= 11 is 6.35. The number of carbonyl (C=O) groups excluding carboxylic acids is 2. The van der Waals surface area contributed by atoms with Gasteiger partial charge in [-0.2, -0.15) is 15.0 Å². The second-order valence-corrected chi connectivity index (χ2v) is 9.01. The predicted molar refractivity (Wildman–Crippen MR) is 130 cm³/mol. The van der Waals surface area contributed by atoms with Crippen LogP contribution in [0.1, 0.15) is 39.2 Å². The fourth-order valence-corrected chi connectivity index (χ4v) is 4.96. The van der Waals surface area contributed by atoms with Crippen LogP contribution in [0, 0.1) is 11.6 Å². The molecular weight excluding hydrogens is 506 g/mol. The molecule has 37 heavy (non-hydrogen) atoms. The van der Waals surface area contributed by atoms with E-state index in [-0.39, 0.29) is 28.4 Å². The predicted octanol–water partition coefficient (Wildman–Crippen LogP) is 4.12. The topological polar surface area (TPSA) is 112 Å². The molecule has 12 heteroatoms. The molecule has 3 heterocycles. The first-order chi connectivity index (χ1) is 17.8. The van der Waals surface area contributed by atoms with Gasteiger partial charge in [-0.3, -0.25) is 9.69 Å². The minimum Gasteiger partial charge on any atom is -0.386 e. The summed E-state index contributed by atoms with van der Waals surface area (Å²) in [6.45, 7) is -0.0937. The average molecular weight is 523 g/mol. The van der Waals surface area contributed by atoms with Crippen molar-refractivity contribution >= 4 is 34.9 Å². The van der Waals surface area contributed by atoms with Crippen LogP contribution in [0.4, 0.5) is 25.0 Å². The Bertz CT molecular complexity index is 1580. The number of rotatable bonds is 3. The van der Waals surface area contributed by atoms with E-state index in [1.165, 1.54) is 58.5 Å². The molecule has 0 unspecified atom stereocenters. The van der Waals surface area contributed by atoms with Crippen LogP contribution in [0.5, 0.6) is 0 Å². The number of hydrogen-bond donors (Lipinski definition) is 3. The molecule has 0 aliphatic carbocycles. The van der Waals surface area contributed by atoms with Gasteiger partial charge in [0.15, 0.2) is 0 Å². The molecule has 186 valence electrons. The van der Waals surface area contributed by atoms with Crippen LogP contribution >= 0.6 is 11.6 Å². The lowest BCUT2D eigenvalue weighted by Crippen LogP contribution is -2.34. The van der Waals surface area contributed by atoms with Gasteiger partial charge in [0.25, 0.3) is 5.91 Å². The molecule has 3 N–H and O–H groups in total. The lowest BCUT2D eigenvalue weighted by Gasteiger charge is -2.22. The molecule has 0 spiro atoms. The number of β-amino-alcohol motifs (C(OH)–C–C–N with tert-alkyl or cyclic N) is 1. The molecule has 3 amide bonds. The number of anilines is 2. The van der Waals surface area contributed by atoms with Crippen LogP contribution in [0.3, 0.4) is 0 Å². The zero-order chi connectivity index (χ0) is 25.8. The number of urea groups is 1. The Morgan fingerprint density at radius 3 is 2.51 bits per heavy atom. The van der Waals surface area contributed by atoms with Crippen molar-refractivity contribution in [3.63, 3.8) is 0 Å². The Balaban J connectivity index is 1.46. The number of aliphatic hydroxyl groups excluding tert-OH is 1. The number of nitrogens with one attached hydrogen (secondary N) is 2. The third kappa shape index (κ3) is 3.88. The molecule has 1 aromatic heterocycles. The van der Waals surface area contributed by atoms with Crippen molar-refractivity contribution in [1.82, 2.24) is 20.3 Å². The number of hydrogen-bond acceptors (Lipinski definition) is 5. The Morgan fingerprint density at radius 2 is 1.76 bits per heavy atom. The molecule has 9 nitrogen and oxygen atoms in total. The molecule has 2 atom stereocenters. The minimum atomic E-state index is -1.07. The zero-order valence-corrected chi connectivity index (χ0v) is 19.6. The van der Waals surface area contributed by atoms with Gasteiger partial charge in [0.05, 0.1) is 48.1 Å². The maximum absolute atomic E-state index is 14.1. The summed E-state index contributed by atoms with van der Waals surface area (Å²) in [4.78, 5) is 29.0. The van der Waals surface area contributed by atoms with E-state index in [2.05, 4.69) is 20.8 Å². The number of halogens is 3. The lowest BCUT2D eigenvalue weighted by atomic mass is 9.95. The first kappa shape index (κ1) is 23.1. The maximum atomic E-state index is 14.1. The van der Waals surface area contributed by atoms with E-state index in [0.29, 0.717) is 22.5 Å². The van der Waals surface area contributed by atoms with Gasteiger partial charge in [-0.05, 0) is 48.5 Å². The van der Waals surface area contributed by atoms with Crippen molar-refractivity contribution < 1.29 is 23.5 Å². The summed E-state index contributed by atoms with van der Waals surface area (Å²) in [6, 6.07) is 9.26. The van der Waals surface area contributed by atoms with Crippen LogP contribution in [0.25, 0.3) is 5.69 Å². The molecule has 0 saturated carbocycles. The van der Waals surface area contributed by atoms with E-state index in [4.69, 9.17) is 11.6 Å². The highest BCUT2D eigenvalue weighted by Gasteiger charge is 2.37. The quantitative estimate of drug-likeness (QED) is 0.375. The second-order valence-electron chi connectivity index (χ2n) is 8.61. The second kappa shape index (κ2) is 8.64.